The quantitative estimate of drug-likeness (QED) is 0.528. The van der Waals surface area contributed by atoms with Crippen LogP contribution in [0.4, 0.5) is 10.1 Å². The molecule has 0 fully saturated rings. The number of rotatable bonds is 2. The van der Waals surface area contributed by atoms with Crippen LogP contribution in [0, 0.1) is 5.82 Å². The van der Waals surface area contributed by atoms with E-state index in [1.807, 2.05) is 20.8 Å². The standard InChI is InChI=1S/C10H13FN2S/c1-10(2,3)14-13-12-9-6-4-5-8(11)7-9/h4-7H,1-3H3. The molecule has 0 radical (unpaired) electrons. The Bertz CT molecular complexity index is 331. The van der Waals surface area contributed by atoms with Crippen LogP contribution in [-0.2, 0) is 0 Å². The zero-order valence-corrected chi connectivity index (χ0v) is 9.31. The number of nitrogens with zero attached hydrogens (tertiary/aromatic N) is 2. The summed E-state index contributed by atoms with van der Waals surface area (Å²) in [5.74, 6) is -0.290. The first-order chi connectivity index (χ1) is 6.47. The molecule has 0 spiro atoms. The van der Waals surface area contributed by atoms with Gasteiger partial charge in [0.25, 0.3) is 0 Å². The van der Waals surface area contributed by atoms with E-state index in [1.165, 1.54) is 24.1 Å². The van der Waals surface area contributed by atoms with E-state index in [-0.39, 0.29) is 10.6 Å². The normalized spacial score (nSPS) is 12.3. The van der Waals surface area contributed by atoms with E-state index in [9.17, 15) is 4.39 Å². The molecule has 0 bridgehead atoms. The first-order valence-corrected chi connectivity index (χ1v) is 5.09. The monoisotopic (exact) mass is 212 g/mol. The van der Waals surface area contributed by atoms with Gasteiger partial charge in [0.05, 0.1) is 5.69 Å². The molecule has 76 valence electrons. The highest BCUT2D eigenvalue weighted by molar-refractivity contribution is 7.99. The van der Waals surface area contributed by atoms with Crippen LogP contribution in [0.25, 0.3) is 0 Å². The van der Waals surface area contributed by atoms with E-state index < -0.39 is 0 Å². The maximum Gasteiger partial charge on any atom is 0.125 e. The molecule has 0 saturated carbocycles. The number of halogens is 1. The Morgan fingerprint density at radius 2 is 2.00 bits per heavy atom. The van der Waals surface area contributed by atoms with Crippen LogP contribution >= 0.6 is 11.9 Å². The van der Waals surface area contributed by atoms with Gasteiger partial charge in [-0.2, -0.15) is 0 Å². The molecule has 0 N–H and O–H groups in total. The largest absolute Gasteiger partial charge is 0.207 e. The zero-order valence-electron chi connectivity index (χ0n) is 8.49. The van der Waals surface area contributed by atoms with Crippen molar-refractivity contribution in [2.24, 2.45) is 9.63 Å². The third kappa shape index (κ3) is 4.37. The summed E-state index contributed by atoms with van der Waals surface area (Å²) in [6.45, 7) is 6.13. The van der Waals surface area contributed by atoms with Gasteiger partial charge < -0.3 is 0 Å². The fourth-order valence-electron chi connectivity index (χ4n) is 0.728. The molecule has 14 heavy (non-hydrogen) atoms. The Hall–Kier alpha value is -0.900. The van der Waals surface area contributed by atoms with Crippen molar-refractivity contribution in [3.05, 3.63) is 30.1 Å². The lowest BCUT2D eigenvalue weighted by Crippen LogP contribution is -2.04. The van der Waals surface area contributed by atoms with Gasteiger partial charge in [0.15, 0.2) is 0 Å². The van der Waals surface area contributed by atoms with Crippen molar-refractivity contribution < 1.29 is 4.39 Å². The van der Waals surface area contributed by atoms with E-state index in [4.69, 9.17) is 0 Å². The van der Waals surface area contributed by atoms with Crippen molar-refractivity contribution in [2.75, 3.05) is 0 Å². The highest BCUT2D eigenvalue weighted by Crippen LogP contribution is 2.26. The van der Waals surface area contributed by atoms with Gasteiger partial charge >= 0.3 is 0 Å². The van der Waals surface area contributed by atoms with Gasteiger partial charge in [0, 0.05) is 22.8 Å². The van der Waals surface area contributed by atoms with Crippen LogP contribution in [0.2, 0.25) is 0 Å². The van der Waals surface area contributed by atoms with Crippen LogP contribution < -0.4 is 0 Å². The summed E-state index contributed by atoms with van der Waals surface area (Å²) in [6, 6.07) is 6.07. The Morgan fingerprint density at radius 1 is 1.29 bits per heavy atom. The number of hydrogen-bond donors (Lipinski definition) is 0. The molecule has 0 aromatic heterocycles. The van der Waals surface area contributed by atoms with E-state index >= 15 is 0 Å². The highest BCUT2D eigenvalue weighted by atomic mass is 32.2. The van der Waals surface area contributed by atoms with Crippen LogP contribution in [0.3, 0.4) is 0 Å². The lowest BCUT2D eigenvalue weighted by atomic mass is 10.3. The molecule has 0 aliphatic rings. The van der Waals surface area contributed by atoms with Crippen molar-refractivity contribution in [3.8, 4) is 0 Å². The molecule has 0 heterocycles. The van der Waals surface area contributed by atoms with Crippen LogP contribution in [0.1, 0.15) is 20.8 Å². The summed E-state index contributed by atoms with van der Waals surface area (Å²) in [6.07, 6.45) is 0. The molecule has 1 rings (SSSR count). The van der Waals surface area contributed by atoms with Crippen molar-refractivity contribution in [2.45, 2.75) is 25.5 Å². The summed E-state index contributed by atoms with van der Waals surface area (Å²) >= 11 is 1.37. The lowest BCUT2D eigenvalue weighted by Gasteiger charge is -2.10. The van der Waals surface area contributed by atoms with Crippen molar-refractivity contribution in [1.29, 1.82) is 0 Å². The molecule has 0 saturated heterocycles. The van der Waals surface area contributed by atoms with E-state index in [0.717, 1.165) is 0 Å². The Morgan fingerprint density at radius 3 is 2.57 bits per heavy atom. The minimum Gasteiger partial charge on any atom is -0.207 e. The maximum atomic E-state index is 12.7. The topological polar surface area (TPSA) is 24.7 Å². The van der Waals surface area contributed by atoms with Crippen LogP contribution in [0.15, 0.2) is 33.9 Å². The summed E-state index contributed by atoms with van der Waals surface area (Å²) in [5, 5.41) is 3.90. The predicted octanol–water partition coefficient (Wildman–Crippen LogP) is 4.36. The molecular formula is C10H13FN2S. The maximum absolute atomic E-state index is 12.7. The van der Waals surface area contributed by atoms with E-state index in [2.05, 4.69) is 9.63 Å². The molecule has 0 aliphatic carbocycles. The molecule has 1 aromatic carbocycles. The first kappa shape index (κ1) is 11.2. The molecular weight excluding hydrogens is 199 g/mol. The second-order valence-corrected chi connectivity index (χ2v) is 5.44. The Balaban J connectivity index is 2.61. The average Bonchev–Trinajstić information content (AvgIpc) is 2.01. The van der Waals surface area contributed by atoms with Gasteiger partial charge in [-0.25, -0.2) is 4.39 Å². The van der Waals surface area contributed by atoms with Crippen molar-refractivity contribution in [1.82, 2.24) is 0 Å². The van der Waals surface area contributed by atoms with Gasteiger partial charge in [-0.05, 0) is 32.9 Å². The number of hydrogen-bond acceptors (Lipinski definition) is 3. The highest BCUT2D eigenvalue weighted by Gasteiger charge is 2.09. The fourth-order valence-corrected chi connectivity index (χ4v) is 1.11. The number of benzene rings is 1. The van der Waals surface area contributed by atoms with Gasteiger partial charge in [-0.1, -0.05) is 6.07 Å². The molecule has 0 atom stereocenters. The first-order valence-electron chi connectivity index (χ1n) is 4.32. The summed E-state index contributed by atoms with van der Waals surface area (Å²) in [5.41, 5.74) is 0.543. The van der Waals surface area contributed by atoms with Gasteiger partial charge in [-0.3, -0.25) is 0 Å². The minimum absolute atomic E-state index is 0.0385. The average molecular weight is 212 g/mol. The molecule has 0 amide bonds. The predicted molar refractivity (Wildman–Crippen MR) is 58.3 cm³/mol. The van der Waals surface area contributed by atoms with Crippen LogP contribution in [-0.4, -0.2) is 4.75 Å². The van der Waals surface area contributed by atoms with Crippen molar-refractivity contribution >= 4 is 17.6 Å². The summed E-state index contributed by atoms with van der Waals surface area (Å²) in [4.78, 5) is 0. The lowest BCUT2D eigenvalue weighted by molar-refractivity contribution is 0.628. The molecule has 4 heteroatoms. The third-order valence-electron chi connectivity index (χ3n) is 1.28. The summed E-state index contributed by atoms with van der Waals surface area (Å²) in [7, 11) is 0. The summed E-state index contributed by atoms with van der Waals surface area (Å²) < 4.78 is 16.7. The molecule has 1 aromatic rings. The van der Waals surface area contributed by atoms with E-state index in [1.54, 1.807) is 12.1 Å². The van der Waals surface area contributed by atoms with Crippen molar-refractivity contribution in [3.63, 3.8) is 0 Å². The molecule has 0 unspecified atom stereocenters. The zero-order chi connectivity index (χ0) is 10.6. The molecule has 0 aliphatic heterocycles. The van der Waals surface area contributed by atoms with Crippen LogP contribution in [0.5, 0.6) is 0 Å². The van der Waals surface area contributed by atoms with Gasteiger partial charge in [-0.15, -0.1) is 9.63 Å². The second-order valence-electron chi connectivity index (χ2n) is 3.87. The third-order valence-corrected chi connectivity index (χ3v) is 1.99. The SMILES string of the molecule is CC(C)(C)SN=Nc1cccc(F)c1. The van der Waals surface area contributed by atoms with Gasteiger partial charge in [0.1, 0.15) is 5.82 Å². The van der Waals surface area contributed by atoms with E-state index in [0.29, 0.717) is 5.69 Å². The smallest absolute Gasteiger partial charge is 0.125 e. The second kappa shape index (κ2) is 4.55. The Labute approximate surface area is 87.8 Å². The minimum atomic E-state index is -0.290. The Kier molecular flexibility index (Phi) is 3.63. The fraction of sp³-hybridized carbons (Fsp3) is 0.400. The molecule has 2 nitrogen and oxygen atoms in total. The van der Waals surface area contributed by atoms with Gasteiger partial charge in [0.2, 0.25) is 0 Å².